The number of carbonyl (C=O) groups is 1. The van der Waals surface area contributed by atoms with Gasteiger partial charge in [0.1, 0.15) is 9.88 Å². The first-order valence-corrected chi connectivity index (χ1v) is 7.90. The summed E-state index contributed by atoms with van der Waals surface area (Å²) in [6.45, 7) is 10.6. The highest BCUT2D eigenvalue weighted by Crippen LogP contribution is 2.30. The third-order valence-electron chi connectivity index (χ3n) is 3.26. The number of aryl methyl sites for hydroxylation is 1. The van der Waals surface area contributed by atoms with Crippen molar-refractivity contribution in [1.29, 1.82) is 0 Å². The number of nitrogens with zero attached hydrogens (tertiary/aromatic N) is 1. The summed E-state index contributed by atoms with van der Waals surface area (Å²) in [6.07, 6.45) is 0. The van der Waals surface area contributed by atoms with Gasteiger partial charge in [-0.1, -0.05) is 45.0 Å². The molecular formula is C17H21NO2S. The van der Waals surface area contributed by atoms with Gasteiger partial charge in [0.25, 0.3) is 0 Å². The molecule has 0 N–H and O–H groups in total. The molecule has 112 valence electrons. The number of rotatable bonds is 3. The van der Waals surface area contributed by atoms with Crippen molar-refractivity contribution in [3.05, 3.63) is 40.4 Å². The Bertz CT molecular complexity index is 636. The standard InChI is InChI=1S/C17H21NO2S/c1-6-20-16(19)14-11(2)18-15(21-14)12-7-9-13(10-8-12)17(3,4)5/h7-10H,6H2,1-5H3. The Morgan fingerprint density at radius 1 is 1.24 bits per heavy atom. The summed E-state index contributed by atoms with van der Waals surface area (Å²) in [5.41, 5.74) is 3.18. The molecule has 0 radical (unpaired) electrons. The monoisotopic (exact) mass is 303 g/mol. The van der Waals surface area contributed by atoms with E-state index in [1.165, 1.54) is 16.9 Å². The minimum atomic E-state index is -0.287. The summed E-state index contributed by atoms with van der Waals surface area (Å²) in [5, 5.41) is 0.857. The molecule has 0 aliphatic rings. The fourth-order valence-corrected chi connectivity index (χ4v) is 2.98. The number of carbonyl (C=O) groups excluding carboxylic acids is 1. The van der Waals surface area contributed by atoms with Crippen LogP contribution in [0, 0.1) is 6.92 Å². The topological polar surface area (TPSA) is 39.2 Å². The van der Waals surface area contributed by atoms with Crippen LogP contribution in [0.4, 0.5) is 0 Å². The van der Waals surface area contributed by atoms with Gasteiger partial charge in [0.2, 0.25) is 0 Å². The van der Waals surface area contributed by atoms with E-state index in [0.717, 1.165) is 16.3 Å². The van der Waals surface area contributed by atoms with Gasteiger partial charge in [0, 0.05) is 5.56 Å². The summed E-state index contributed by atoms with van der Waals surface area (Å²) in [7, 11) is 0. The van der Waals surface area contributed by atoms with Crippen molar-refractivity contribution in [3.63, 3.8) is 0 Å². The fourth-order valence-electron chi connectivity index (χ4n) is 2.02. The molecule has 4 heteroatoms. The van der Waals surface area contributed by atoms with E-state index < -0.39 is 0 Å². The molecule has 0 fully saturated rings. The molecule has 0 amide bonds. The largest absolute Gasteiger partial charge is 0.462 e. The maximum Gasteiger partial charge on any atom is 0.350 e. The van der Waals surface area contributed by atoms with Crippen molar-refractivity contribution >= 4 is 17.3 Å². The summed E-state index contributed by atoms with van der Waals surface area (Å²) in [5.74, 6) is -0.287. The molecule has 0 saturated carbocycles. The van der Waals surface area contributed by atoms with E-state index in [1.54, 1.807) is 6.92 Å². The zero-order chi connectivity index (χ0) is 15.6. The first kappa shape index (κ1) is 15.7. The van der Waals surface area contributed by atoms with Crippen LogP contribution in [-0.2, 0) is 10.2 Å². The molecule has 1 aromatic heterocycles. The van der Waals surface area contributed by atoms with E-state index in [1.807, 2.05) is 6.92 Å². The Hall–Kier alpha value is -1.68. The summed E-state index contributed by atoms with van der Waals surface area (Å²) < 4.78 is 5.05. The Kier molecular flexibility index (Phi) is 4.47. The Morgan fingerprint density at radius 2 is 1.86 bits per heavy atom. The second-order valence-corrected chi connectivity index (χ2v) is 6.98. The average molecular weight is 303 g/mol. The molecule has 21 heavy (non-hydrogen) atoms. The van der Waals surface area contributed by atoms with E-state index in [4.69, 9.17) is 4.74 Å². The van der Waals surface area contributed by atoms with E-state index in [9.17, 15) is 4.79 Å². The van der Waals surface area contributed by atoms with Gasteiger partial charge in [-0.05, 0) is 24.8 Å². The van der Waals surface area contributed by atoms with Crippen molar-refractivity contribution in [1.82, 2.24) is 4.98 Å². The highest BCUT2D eigenvalue weighted by Gasteiger charge is 2.18. The van der Waals surface area contributed by atoms with Crippen molar-refractivity contribution < 1.29 is 9.53 Å². The molecule has 0 spiro atoms. The summed E-state index contributed by atoms with van der Waals surface area (Å²) >= 11 is 1.39. The van der Waals surface area contributed by atoms with Gasteiger partial charge in [-0.15, -0.1) is 11.3 Å². The molecule has 0 aliphatic carbocycles. The molecule has 2 rings (SSSR count). The third kappa shape index (κ3) is 3.50. The van der Waals surface area contributed by atoms with Crippen LogP contribution in [0.25, 0.3) is 10.6 Å². The van der Waals surface area contributed by atoms with E-state index in [2.05, 4.69) is 50.0 Å². The van der Waals surface area contributed by atoms with Crippen molar-refractivity contribution in [2.75, 3.05) is 6.61 Å². The second-order valence-electron chi connectivity index (χ2n) is 5.98. The lowest BCUT2D eigenvalue weighted by Crippen LogP contribution is -2.10. The molecule has 0 bridgehead atoms. The lowest BCUT2D eigenvalue weighted by atomic mass is 9.87. The van der Waals surface area contributed by atoms with Crippen LogP contribution >= 0.6 is 11.3 Å². The minimum Gasteiger partial charge on any atom is -0.462 e. The zero-order valence-electron chi connectivity index (χ0n) is 13.2. The average Bonchev–Trinajstić information content (AvgIpc) is 2.80. The Balaban J connectivity index is 2.31. The number of hydrogen-bond donors (Lipinski definition) is 0. The molecule has 2 aromatic rings. The number of ether oxygens (including phenoxy) is 1. The maximum absolute atomic E-state index is 11.8. The van der Waals surface area contributed by atoms with Gasteiger partial charge in [-0.2, -0.15) is 0 Å². The highest BCUT2D eigenvalue weighted by molar-refractivity contribution is 7.17. The molecule has 1 heterocycles. The second kappa shape index (κ2) is 5.98. The van der Waals surface area contributed by atoms with Crippen LogP contribution < -0.4 is 0 Å². The Labute approximate surface area is 130 Å². The molecule has 0 atom stereocenters. The summed E-state index contributed by atoms with van der Waals surface area (Å²) in [4.78, 5) is 16.9. The van der Waals surface area contributed by atoms with Crippen molar-refractivity contribution in [2.24, 2.45) is 0 Å². The highest BCUT2D eigenvalue weighted by atomic mass is 32.1. The normalized spacial score (nSPS) is 11.5. The molecule has 0 saturated heterocycles. The van der Waals surface area contributed by atoms with E-state index >= 15 is 0 Å². The van der Waals surface area contributed by atoms with Gasteiger partial charge in [-0.25, -0.2) is 9.78 Å². The predicted molar refractivity (Wildman–Crippen MR) is 86.9 cm³/mol. The maximum atomic E-state index is 11.8. The minimum absolute atomic E-state index is 0.132. The number of hydrogen-bond acceptors (Lipinski definition) is 4. The smallest absolute Gasteiger partial charge is 0.350 e. The van der Waals surface area contributed by atoms with Gasteiger partial charge < -0.3 is 4.74 Å². The fraction of sp³-hybridized carbons (Fsp3) is 0.412. The van der Waals surface area contributed by atoms with Crippen LogP contribution in [-0.4, -0.2) is 17.6 Å². The van der Waals surface area contributed by atoms with Crippen molar-refractivity contribution in [2.45, 2.75) is 40.0 Å². The third-order valence-corrected chi connectivity index (χ3v) is 4.44. The molecule has 1 aromatic carbocycles. The van der Waals surface area contributed by atoms with E-state index in [0.29, 0.717) is 11.5 Å². The quantitative estimate of drug-likeness (QED) is 0.778. The first-order chi connectivity index (χ1) is 9.82. The SMILES string of the molecule is CCOC(=O)c1sc(-c2ccc(C(C)(C)C)cc2)nc1C. The number of thiazole rings is 1. The van der Waals surface area contributed by atoms with Gasteiger partial charge in [0.15, 0.2) is 0 Å². The molecular weight excluding hydrogens is 282 g/mol. The van der Waals surface area contributed by atoms with Gasteiger partial charge >= 0.3 is 5.97 Å². The predicted octanol–water partition coefficient (Wildman–Crippen LogP) is 4.59. The van der Waals surface area contributed by atoms with Crippen LogP contribution in [0.15, 0.2) is 24.3 Å². The van der Waals surface area contributed by atoms with Gasteiger partial charge in [-0.3, -0.25) is 0 Å². The van der Waals surface area contributed by atoms with Gasteiger partial charge in [0.05, 0.1) is 12.3 Å². The van der Waals surface area contributed by atoms with Crippen LogP contribution in [0.3, 0.4) is 0 Å². The molecule has 0 unspecified atom stereocenters. The lowest BCUT2D eigenvalue weighted by molar-refractivity contribution is 0.0531. The summed E-state index contributed by atoms with van der Waals surface area (Å²) in [6, 6.07) is 8.37. The van der Waals surface area contributed by atoms with Crippen LogP contribution in [0.2, 0.25) is 0 Å². The van der Waals surface area contributed by atoms with Crippen molar-refractivity contribution in [3.8, 4) is 10.6 Å². The van der Waals surface area contributed by atoms with Crippen LogP contribution in [0.5, 0.6) is 0 Å². The van der Waals surface area contributed by atoms with E-state index in [-0.39, 0.29) is 11.4 Å². The Morgan fingerprint density at radius 3 is 2.38 bits per heavy atom. The van der Waals surface area contributed by atoms with Crippen LogP contribution in [0.1, 0.15) is 48.6 Å². The zero-order valence-corrected chi connectivity index (χ0v) is 14.0. The lowest BCUT2D eigenvalue weighted by Gasteiger charge is -2.18. The molecule has 3 nitrogen and oxygen atoms in total. The first-order valence-electron chi connectivity index (χ1n) is 7.08. The number of benzene rings is 1. The number of aromatic nitrogens is 1. The molecule has 0 aliphatic heterocycles. The number of esters is 1.